The number of nitrogens with zero attached hydrogens (tertiary/aromatic N) is 8. The molecule has 1 aliphatic heterocycles. The lowest BCUT2D eigenvalue weighted by atomic mass is 10.0. The summed E-state index contributed by atoms with van der Waals surface area (Å²) in [5, 5.41) is 37.3. The summed E-state index contributed by atoms with van der Waals surface area (Å²) in [6.45, 7) is 2.20. The highest BCUT2D eigenvalue weighted by Crippen LogP contribution is 2.33. The molecule has 0 spiro atoms. The van der Waals surface area contributed by atoms with Gasteiger partial charge in [-0.2, -0.15) is 5.26 Å². The molecule has 7 aromatic rings. The van der Waals surface area contributed by atoms with Crippen molar-refractivity contribution in [3.63, 3.8) is 0 Å². The lowest BCUT2D eigenvalue weighted by Gasteiger charge is -2.38. The standard InChI is InChI=1S/C52H59N11O7S/c1-54-29-40(64)32-69-42-10-5-8-35(23-42)51-59-47(38-22-37-16-19-56-50(37)57-28-38)26-48(60-51)62(3)39-17-21-68-44(25-39)31-63(20-7-18-53)49-27-46(34-12-14-45(15-13-34)71(4,66)67)58-52(61-49)36-9-6-11-43(24-36)70-33-41(65)30-55-2/h5-6,8-16,19,22-24,26-28,39-41,44,54-55,64-65H,7,17,20-21,25,29-33H2,1-4H3,(H,56,57). The van der Waals surface area contributed by atoms with Crippen LogP contribution in [0.15, 0.2) is 114 Å². The molecule has 370 valence electrons. The number of nitriles is 1. The molecule has 19 heteroatoms. The minimum absolute atomic E-state index is 0.00461. The van der Waals surface area contributed by atoms with Gasteiger partial charge < -0.3 is 49.8 Å². The molecule has 5 heterocycles. The number of H-pyrrole nitrogens is 1. The fourth-order valence-corrected chi connectivity index (χ4v) is 9.03. The van der Waals surface area contributed by atoms with E-state index in [9.17, 15) is 23.9 Å². The Morgan fingerprint density at radius 1 is 0.817 bits per heavy atom. The average molecular weight is 982 g/mol. The van der Waals surface area contributed by atoms with Crippen molar-refractivity contribution in [2.45, 2.75) is 48.5 Å². The summed E-state index contributed by atoms with van der Waals surface area (Å²) < 4.78 is 43.2. The van der Waals surface area contributed by atoms with Gasteiger partial charge in [0.15, 0.2) is 21.5 Å². The van der Waals surface area contributed by atoms with E-state index in [-0.39, 0.29) is 36.7 Å². The molecule has 1 fully saturated rings. The molecule has 71 heavy (non-hydrogen) atoms. The van der Waals surface area contributed by atoms with Crippen molar-refractivity contribution in [1.82, 2.24) is 40.5 Å². The van der Waals surface area contributed by atoms with E-state index in [1.807, 2.05) is 78.8 Å². The van der Waals surface area contributed by atoms with Crippen LogP contribution in [0.1, 0.15) is 19.3 Å². The van der Waals surface area contributed by atoms with Crippen LogP contribution < -0.4 is 29.9 Å². The second-order valence-corrected chi connectivity index (χ2v) is 19.6. The van der Waals surface area contributed by atoms with E-state index in [0.717, 1.165) is 28.6 Å². The number of aliphatic hydroxyl groups is 2. The number of hydrogen-bond acceptors (Lipinski definition) is 17. The molecule has 0 radical (unpaired) electrons. The number of pyridine rings is 1. The monoisotopic (exact) mass is 981 g/mol. The Balaban J connectivity index is 1.10. The topological polar surface area (TPSA) is 237 Å². The maximum Gasteiger partial charge on any atom is 0.175 e. The molecule has 0 bridgehead atoms. The van der Waals surface area contributed by atoms with Gasteiger partial charge in [-0.1, -0.05) is 36.4 Å². The van der Waals surface area contributed by atoms with Gasteiger partial charge in [0.1, 0.15) is 54.2 Å². The number of aliphatic hydroxyl groups excluding tert-OH is 2. The second kappa shape index (κ2) is 23.2. The van der Waals surface area contributed by atoms with Gasteiger partial charge >= 0.3 is 0 Å². The normalized spacial score (nSPS) is 15.7. The molecule has 4 unspecified atom stereocenters. The number of rotatable bonds is 22. The van der Waals surface area contributed by atoms with Crippen LogP contribution in [0, 0.1) is 11.3 Å². The van der Waals surface area contributed by atoms with Crippen molar-refractivity contribution < 1.29 is 32.8 Å². The van der Waals surface area contributed by atoms with Crippen LogP contribution in [0.3, 0.4) is 0 Å². The van der Waals surface area contributed by atoms with Crippen molar-refractivity contribution in [3.8, 4) is 62.9 Å². The molecule has 5 N–H and O–H groups in total. The van der Waals surface area contributed by atoms with Crippen molar-refractivity contribution in [2.75, 3.05) is 83.2 Å². The summed E-state index contributed by atoms with van der Waals surface area (Å²) in [5.74, 6) is 3.26. The molecule has 4 atom stereocenters. The zero-order chi connectivity index (χ0) is 49.9. The highest BCUT2D eigenvalue weighted by molar-refractivity contribution is 7.90. The summed E-state index contributed by atoms with van der Waals surface area (Å²) in [6.07, 6.45) is 4.72. The van der Waals surface area contributed by atoms with Crippen molar-refractivity contribution in [2.24, 2.45) is 0 Å². The van der Waals surface area contributed by atoms with Crippen molar-refractivity contribution in [3.05, 3.63) is 109 Å². The summed E-state index contributed by atoms with van der Waals surface area (Å²) >= 11 is 0. The zero-order valence-electron chi connectivity index (χ0n) is 40.2. The van der Waals surface area contributed by atoms with Crippen LogP contribution in [-0.2, 0) is 14.6 Å². The first kappa shape index (κ1) is 50.3. The maximum atomic E-state index is 12.4. The molecule has 0 amide bonds. The number of benzene rings is 3. The SMILES string of the molecule is CNCC(O)COc1cccc(-c2nc(-c3ccc(S(C)(=O)=O)cc3)cc(N(CCC#N)CC3CC(N(C)c4cc(-c5cnc6[nH]ccc6c5)nc(-c5cccc(OCC(O)CNC)c5)n4)CCO3)n2)c1. The summed E-state index contributed by atoms with van der Waals surface area (Å²) in [7, 11) is 2.12. The third kappa shape index (κ3) is 13.0. The van der Waals surface area contributed by atoms with Gasteiger partial charge in [-0.25, -0.2) is 33.3 Å². The molecule has 1 saturated heterocycles. The summed E-state index contributed by atoms with van der Waals surface area (Å²) in [6, 6.07) is 31.6. The largest absolute Gasteiger partial charge is 0.491 e. The molecule has 18 nitrogen and oxygen atoms in total. The van der Waals surface area contributed by atoms with E-state index in [1.165, 1.54) is 6.26 Å². The summed E-state index contributed by atoms with van der Waals surface area (Å²) in [5.41, 5.74) is 4.93. The molecule has 4 aromatic heterocycles. The number of fused-ring (bicyclic) bond motifs is 1. The van der Waals surface area contributed by atoms with E-state index in [2.05, 4.69) is 37.6 Å². The predicted molar refractivity (Wildman–Crippen MR) is 273 cm³/mol. The van der Waals surface area contributed by atoms with Crippen LogP contribution in [0.5, 0.6) is 11.5 Å². The average Bonchev–Trinajstić information content (AvgIpc) is 3.87. The van der Waals surface area contributed by atoms with Gasteiger partial charge in [-0.05, 0) is 75.5 Å². The minimum atomic E-state index is -3.44. The van der Waals surface area contributed by atoms with Crippen LogP contribution in [0.2, 0.25) is 0 Å². The third-order valence-electron chi connectivity index (χ3n) is 12.1. The molecule has 0 aliphatic carbocycles. The van der Waals surface area contributed by atoms with Gasteiger partial charge in [-0.3, -0.25) is 0 Å². The number of aromatic nitrogens is 6. The van der Waals surface area contributed by atoms with E-state index >= 15 is 0 Å². The van der Waals surface area contributed by atoms with Crippen LogP contribution in [0.4, 0.5) is 11.6 Å². The first-order valence-electron chi connectivity index (χ1n) is 23.5. The van der Waals surface area contributed by atoms with Crippen LogP contribution in [0.25, 0.3) is 56.3 Å². The number of anilines is 2. The van der Waals surface area contributed by atoms with Crippen LogP contribution >= 0.6 is 0 Å². The molecule has 0 saturated carbocycles. The number of aromatic amines is 1. The van der Waals surface area contributed by atoms with E-state index in [0.29, 0.717) is 96.5 Å². The fourth-order valence-electron chi connectivity index (χ4n) is 8.40. The van der Waals surface area contributed by atoms with E-state index < -0.39 is 22.0 Å². The van der Waals surface area contributed by atoms with Crippen LogP contribution in [-0.4, -0.2) is 146 Å². The number of hydrogen-bond donors (Lipinski definition) is 5. The van der Waals surface area contributed by atoms with Gasteiger partial charge in [0, 0.05) is 104 Å². The Morgan fingerprint density at radius 2 is 1.44 bits per heavy atom. The molecule has 1 aliphatic rings. The molecule has 3 aromatic carbocycles. The highest BCUT2D eigenvalue weighted by Gasteiger charge is 2.30. The maximum absolute atomic E-state index is 12.4. The lowest BCUT2D eigenvalue weighted by Crippen LogP contribution is -2.45. The smallest absolute Gasteiger partial charge is 0.175 e. The molecule has 8 rings (SSSR count). The Kier molecular flexibility index (Phi) is 16.5. The highest BCUT2D eigenvalue weighted by atomic mass is 32.2. The van der Waals surface area contributed by atoms with Gasteiger partial charge in [-0.15, -0.1) is 0 Å². The Hall–Kier alpha value is -7.05. The second-order valence-electron chi connectivity index (χ2n) is 17.5. The lowest BCUT2D eigenvalue weighted by molar-refractivity contribution is 0.0119. The third-order valence-corrected chi connectivity index (χ3v) is 13.3. The van der Waals surface area contributed by atoms with Gasteiger partial charge in [0.25, 0.3) is 0 Å². The molecular formula is C52H59N11O7S. The van der Waals surface area contributed by atoms with Gasteiger partial charge in [0.05, 0.1) is 34.9 Å². The number of sulfone groups is 1. The first-order valence-corrected chi connectivity index (χ1v) is 25.4. The number of likely N-dealkylation sites (N-methyl/N-ethyl adjacent to an activating group) is 2. The Morgan fingerprint density at radius 3 is 2.06 bits per heavy atom. The minimum Gasteiger partial charge on any atom is -0.491 e. The van der Waals surface area contributed by atoms with E-state index in [4.69, 9.17) is 34.1 Å². The van der Waals surface area contributed by atoms with Crippen molar-refractivity contribution >= 4 is 32.5 Å². The van der Waals surface area contributed by atoms with Crippen molar-refractivity contribution in [1.29, 1.82) is 5.26 Å². The Labute approximate surface area is 413 Å². The summed E-state index contributed by atoms with van der Waals surface area (Å²) in [4.78, 5) is 32.5. The number of nitrogens with one attached hydrogen (secondary N) is 3. The molecular weight excluding hydrogens is 923 g/mol. The first-order chi connectivity index (χ1) is 34.4. The zero-order valence-corrected chi connectivity index (χ0v) is 41.0. The Bertz CT molecular complexity index is 3060. The van der Waals surface area contributed by atoms with Gasteiger partial charge in [0.2, 0.25) is 0 Å². The fraction of sp³-hybridized carbons (Fsp3) is 0.346. The quantitative estimate of drug-likeness (QED) is 0.0561. The predicted octanol–water partition coefficient (Wildman–Crippen LogP) is 5.54. The van der Waals surface area contributed by atoms with E-state index in [1.54, 1.807) is 50.6 Å². The number of ether oxygens (including phenoxy) is 3.